The molecule has 0 bridgehead atoms. The molecule has 0 spiro atoms. The van der Waals surface area contributed by atoms with Crippen molar-refractivity contribution in [3.63, 3.8) is 0 Å². The van der Waals surface area contributed by atoms with Crippen LogP contribution >= 0.6 is 11.6 Å². The molecule has 3 heteroatoms. The molecule has 1 atom stereocenters. The van der Waals surface area contributed by atoms with Crippen LogP contribution in [0.1, 0.15) is 24.0 Å². The van der Waals surface area contributed by atoms with E-state index in [0.717, 1.165) is 18.4 Å². The molecule has 1 aliphatic heterocycles. The average molecular weight is 234 g/mol. The number of halogens is 1. The number of carbonyl (C=O) groups excluding carboxylic acids is 1. The number of rotatable bonds is 0. The number of fused-ring (bicyclic) bond motifs is 3. The quantitative estimate of drug-likeness (QED) is 0.733. The predicted molar refractivity (Wildman–Crippen MR) is 64.1 cm³/mol. The van der Waals surface area contributed by atoms with E-state index in [1.807, 2.05) is 6.07 Å². The Balaban J connectivity index is 2.17. The maximum atomic E-state index is 11.4. The molecule has 16 heavy (non-hydrogen) atoms. The average Bonchev–Trinajstić information content (AvgIpc) is 2.28. The first kappa shape index (κ1) is 9.91. The molecule has 2 nitrogen and oxygen atoms in total. The Hall–Kier alpha value is -1.28. The third-order valence-electron chi connectivity index (χ3n) is 3.30. The first-order valence-corrected chi connectivity index (χ1v) is 5.89. The van der Waals surface area contributed by atoms with Crippen molar-refractivity contribution in [1.82, 2.24) is 5.32 Å². The van der Waals surface area contributed by atoms with E-state index in [9.17, 15) is 4.79 Å². The Morgan fingerprint density at radius 2 is 2.12 bits per heavy atom. The van der Waals surface area contributed by atoms with Gasteiger partial charge in [0.15, 0.2) is 0 Å². The van der Waals surface area contributed by atoms with E-state index in [1.165, 1.54) is 11.1 Å². The zero-order valence-electron chi connectivity index (χ0n) is 8.79. The summed E-state index contributed by atoms with van der Waals surface area (Å²) >= 11 is 6.23. The summed E-state index contributed by atoms with van der Waals surface area (Å²) in [6.07, 6.45) is 2.28. The Morgan fingerprint density at radius 1 is 1.31 bits per heavy atom. The predicted octanol–water partition coefficient (Wildman–Crippen LogP) is 2.47. The van der Waals surface area contributed by atoms with Gasteiger partial charge < -0.3 is 5.32 Å². The number of nitrogens with one attached hydrogen (secondary N) is 1. The van der Waals surface area contributed by atoms with Crippen molar-refractivity contribution in [1.29, 1.82) is 0 Å². The molecule has 0 saturated carbocycles. The van der Waals surface area contributed by atoms with Gasteiger partial charge in [-0.25, -0.2) is 0 Å². The fraction of sp³-hybridized carbons (Fsp3) is 0.308. The van der Waals surface area contributed by atoms with Crippen LogP contribution in [0.4, 0.5) is 0 Å². The number of benzene rings is 1. The van der Waals surface area contributed by atoms with Crippen molar-refractivity contribution in [3.8, 4) is 0 Å². The minimum Gasteiger partial charge on any atom is -0.349 e. The number of aryl methyl sites for hydroxylation is 1. The van der Waals surface area contributed by atoms with E-state index >= 15 is 0 Å². The van der Waals surface area contributed by atoms with Crippen molar-refractivity contribution in [2.45, 2.75) is 25.3 Å². The first-order valence-electron chi connectivity index (χ1n) is 5.52. The Labute approximate surface area is 99.3 Å². The SMILES string of the molecule is O=C1CC(Cl)=C2c3ccccc3CC[C@@H]2N1. The maximum absolute atomic E-state index is 11.4. The minimum atomic E-state index is 0.0399. The van der Waals surface area contributed by atoms with Gasteiger partial charge in [-0.2, -0.15) is 0 Å². The van der Waals surface area contributed by atoms with Crippen LogP contribution in [0.15, 0.2) is 29.3 Å². The van der Waals surface area contributed by atoms with Crippen molar-refractivity contribution >= 4 is 23.1 Å². The lowest BCUT2D eigenvalue weighted by molar-refractivity contribution is -0.121. The summed E-state index contributed by atoms with van der Waals surface area (Å²) in [6.45, 7) is 0. The summed E-state index contributed by atoms with van der Waals surface area (Å²) < 4.78 is 0. The summed E-state index contributed by atoms with van der Waals surface area (Å²) in [6, 6.07) is 8.42. The molecular formula is C13H12ClNO. The standard InChI is InChI=1S/C13H12ClNO/c14-10-7-12(16)15-11-6-5-8-3-1-2-4-9(8)13(10)11/h1-4,11H,5-7H2,(H,15,16)/t11-/m0/s1. The highest BCUT2D eigenvalue weighted by Crippen LogP contribution is 2.37. The van der Waals surface area contributed by atoms with Crippen LogP contribution in [-0.4, -0.2) is 11.9 Å². The highest BCUT2D eigenvalue weighted by molar-refractivity contribution is 6.34. The van der Waals surface area contributed by atoms with Gasteiger partial charge in [-0.1, -0.05) is 35.9 Å². The molecule has 0 radical (unpaired) electrons. The Kier molecular flexibility index (Phi) is 2.25. The van der Waals surface area contributed by atoms with Gasteiger partial charge in [-0.05, 0) is 29.5 Å². The highest BCUT2D eigenvalue weighted by atomic mass is 35.5. The van der Waals surface area contributed by atoms with Crippen molar-refractivity contribution in [2.24, 2.45) is 0 Å². The number of hydrogen-bond donors (Lipinski definition) is 1. The second-order valence-electron chi connectivity index (χ2n) is 4.31. The molecule has 1 aromatic rings. The van der Waals surface area contributed by atoms with Crippen LogP contribution in [-0.2, 0) is 11.2 Å². The molecule has 1 N–H and O–H groups in total. The molecule has 2 aliphatic rings. The molecule has 0 saturated heterocycles. The molecule has 0 fully saturated rings. The van der Waals surface area contributed by atoms with Crippen molar-refractivity contribution < 1.29 is 4.79 Å². The Morgan fingerprint density at radius 3 is 3.00 bits per heavy atom. The number of amides is 1. The van der Waals surface area contributed by atoms with E-state index in [2.05, 4.69) is 23.5 Å². The zero-order valence-corrected chi connectivity index (χ0v) is 9.55. The largest absolute Gasteiger partial charge is 0.349 e. The summed E-state index contributed by atoms with van der Waals surface area (Å²) in [5.41, 5.74) is 3.68. The van der Waals surface area contributed by atoms with Gasteiger partial charge in [0.25, 0.3) is 0 Å². The van der Waals surface area contributed by atoms with E-state index in [-0.39, 0.29) is 11.9 Å². The van der Waals surface area contributed by atoms with Gasteiger partial charge in [0.05, 0.1) is 12.5 Å². The van der Waals surface area contributed by atoms with E-state index in [4.69, 9.17) is 11.6 Å². The molecule has 82 valence electrons. The van der Waals surface area contributed by atoms with Crippen molar-refractivity contribution in [3.05, 3.63) is 40.4 Å². The molecule has 3 rings (SSSR count). The third-order valence-corrected chi connectivity index (χ3v) is 3.64. The van der Waals surface area contributed by atoms with Crippen molar-refractivity contribution in [2.75, 3.05) is 0 Å². The van der Waals surface area contributed by atoms with Crippen LogP contribution in [0.25, 0.3) is 5.57 Å². The summed E-state index contributed by atoms with van der Waals surface area (Å²) in [7, 11) is 0. The molecular weight excluding hydrogens is 222 g/mol. The molecule has 1 heterocycles. The summed E-state index contributed by atoms with van der Waals surface area (Å²) in [5.74, 6) is 0.0399. The lowest BCUT2D eigenvalue weighted by Crippen LogP contribution is -2.41. The normalized spacial score (nSPS) is 23.6. The van der Waals surface area contributed by atoms with Crippen LogP contribution in [0.2, 0.25) is 0 Å². The second kappa shape index (κ2) is 3.63. The fourth-order valence-corrected chi connectivity index (χ4v) is 2.95. The zero-order chi connectivity index (χ0) is 11.1. The van der Waals surface area contributed by atoms with Crippen LogP contribution in [0, 0.1) is 0 Å². The Bertz CT molecular complexity index is 492. The fourth-order valence-electron chi connectivity index (χ4n) is 2.59. The number of carbonyl (C=O) groups is 1. The van der Waals surface area contributed by atoms with Gasteiger partial charge in [0.2, 0.25) is 5.91 Å². The molecule has 1 aliphatic carbocycles. The molecule has 1 aromatic carbocycles. The van der Waals surface area contributed by atoms with Gasteiger partial charge in [-0.15, -0.1) is 0 Å². The van der Waals surface area contributed by atoms with Gasteiger partial charge >= 0.3 is 0 Å². The van der Waals surface area contributed by atoms with Gasteiger partial charge in [0, 0.05) is 5.03 Å². The summed E-state index contributed by atoms with van der Waals surface area (Å²) in [4.78, 5) is 11.4. The van der Waals surface area contributed by atoms with E-state index < -0.39 is 0 Å². The van der Waals surface area contributed by atoms with Crippen LogP contribution < -0.4 is 5.32 Å². The minimum absolute atomic E-state index is 0.0399. The van der Waals surface area contributed by atoms with Crippen LogP contribution in [0.3, 0.4) is 0 Å². The molecule has 0 aromatic heterocycles. The molecule has 0 unspecified atom stereocenters. The monoisotopic (exact) mass is 233 g/mol. The highest BCUT2D eigenvalue weighted by Gasteiger charge is 2.31. The number of hydrogen-bond acceptors (Lipinski definition) is 1. The van der Waals surface area contributed by atoms with Crippen LogP contribution in [0.5, 0.6) is 0 Å². The lowest BCUT2D eigenvalue weighted by atomic mass is 9.82. The van der Waals surface area contributed by atoms with Gasteiger partial charge in [-0.3, -0.25) is 4.79 Å². The third kappa shape index (κ3) is 1.45. The van der Waals surface area contributed by atoms with E-state index in [0.29, 0.717) is 11.5 Å². The smallest absolute Gasteiger partial charge is 0.225 e. The summed E-state index contributed by atoms with van der Waals surface area (Å²) in [5, 5.41) is 3.72. The topological polar surface area (TPSA) is 29.1 Å². The molecule has 1 amide bonds. The maximum Gasteiger partial charge on any atom is 0.225 e. The second-order valence-corrected chi connectivity index (χ2v) is 4.77. The van der Waals surface area contributed by atoms with E-state index in [1.54, 1.807) is 0 Å². The first-order chi connectivity index (χ1) is 7.75. The van der Waals surface area contributed by atoms with Gasteiger partial charge in [0.1, 0.15) is 0 Å². The lowest BCUT2D eigenvalue weighted by Gasteiger charge is -2.32.